The van der Waals surface area contributed by atoms with Gasteiger partial charge in [-0.1, -0.05) is 19.1 Å². The van der Waals surface area contributed by atoms with Gasteiger partial charge in [-0.05, 0) is 32.4 Å². The average Bonchev–Trinajstić information content (AvgIpc) is 2.72. The first kappa shape index (κ1) is 13.4. The van der Waals surface area contributed by atoms with E-state index in [0.29, 0.717) is 0 Å². The van der Waals surface area contributed by atoms with Crippen molar-refractivity contribution in [2.75, 3.05) is 19.6 Å². The molecule has 0 aromatic carbocycles. The van der Waals surface area contributed by atoms with E-state index in [4.69, 9.17) is 4.42 Å². The van der Waals surface area contributed by atoms with Gasteiger partial charge in [-0.25, -0.2) is 0 Å². The highest BCUT2D eigenvalue weighted by molar-refractivity contribution is 5.21. The zero-order valence-electron chi connectivity index (χ0n) is 11.5. The van der Waals surface area contributed by atoms with Crippen molar-refractivity contribution >= 4 is 0 Å². The number of furan rings is 1. The van der Waals surface area contributed by atoms with Gasteiger partial charge in [0, 0.05) is 25.2 Å². The van der Waals surface area contributed by atoms with Crippen molar-refractivity contribution in [2.24, 2.45) is 0 Å². The molecule has 0 radical (unpaired) electrons. The van der Waals surface area contributed by atoms with Gasteiger partial charge in [-0.3, -0.25) is 4.90 Å². The molecule has 0 bridgehead atoms. The lowest BCUT2D eigenvalue weighted by molar-refractivity contribution is 0.288. The van der Waals surface area contributed by atoms with Crippen LogP contribution in [-0.2, 0) is 13.1 Å². The van der Waals surface area contributed by atoms with Crippen LogP contribution in [-0.4, -0.2) is 24.5 Å². The summed E-state index contributed by atoms with van der Waals surface area (Å²) in [6.07, 6.45) is 6.84. The number of nitrogens with zero attached hydrogens (tertiary/aromatic N) is 1. The van der Waals surface area contributed by atoms with Crippen molar-refractivity contribution in [3.8, 4) is 0 Å². The van der Waals surface area contributed by atoms with E-state index >= 15 is 0 Å². The zero-order valence-corrected chi connectivity index (χ0v) is 11.5. The lowest BCUT2D eigenvalue weighted by Gasteiger charge is -2.22. The molecule has 2 heterocycles. The van der Waals surface area contributed by atoms with E-state index < -0.39 is 0 Å². The Balaban J connectivity index is 1.89. The van der Waals surface area contributed by atoms with Gasteiger partial charge in [0.25, 0.3) is 0 Å². The fourth-order valence-corrected chi connectivity index (χ4v) is 2.29. The predicted molar refractivity (Wildman–Crippen MR) is 74.5 cm³/mol. The van der Waals surface area contributed by atoms with Crippen LogP contribution in [0.25, 0.3) is 0 Å². The van der Waals surface area contributed by atoms with Crippen molar-refractivity contribution in [1.29, 1.82) is 0 Å². The Bertz CT molecular complexity index is 395. The normalized spacial score (nSPS) is 16.3. The first-order chi connectivity index (χ1) is 8.79. The molecule has 1 aliphatic heterocycles. The molecule has 1 aliphatic rings. The Hall–Kier alpha value is -1.06. The molecule has 2 rings (SSSR count). The summed E-state index contributed by atoms with van der Waals surface area (Å²) in [7, 11) is 0. The van der Waals surface area contributed by atoms with Crippen LogP contribution in [0.2, 0.25) is 0 Å². The van der Waals surface area contributed by atoms with Crippen LogP contribution in [0.4, 0.5) is 0 Å². The SMILES string of the molecule is CCCNCc1cc(CN2CC=CCC2)c(C)o1. The average molecular weight is 248 g/mol. The highest BCUT2D eigenvalue weighted by Crippen LogP contribution is 2.17. The van der Waals surface area contributed by atoms with Crippen molar-refractivity contribution in [3.63, 3.8) is 0 Å². The van der Waals surface area contributed by atoms with Gasteiger partial charge in [-0.2, -0.15) is 0 Å². The lowest BCUT2D eigenvalue weighted by atomic mass is 10.2. The molecule has 0 saturated carbocycles. The van der Waals surface area contributed by atoms with E-state index in [1.807, 2.05) is 0 Å². The fraction of sp³-hybridized carbons (Fsp3) is 0.600. The molecular formula is C15H24N2O. The van der Waals surface area contributed by atoms with Gasteiger partial charge >= 0.3 is 0 Å². The molecule has 3 nitrogen and oxygen atoms in total. The first-order valence-electron chi connectivity index (χ1n) is 6.96. The third kappa shape index (κ3) is 3.72. The Kier molecular flexibility index (Phi) is 5.02. The smallest absolute Gasteiger partial charge is 0.118 e. The Labute approximate surface area is 110 Å². The van der Waals surface area contributed by atoms with Gasteiger partial charge < -0.3 is 9.73 Å². The summed E-state index contributed by atoms with van der Waals surface area (Å²) in [4.78, 5) is 2.46. The number of hydrogen-bond acceptors (Lipinski definition) is 3. The minimum Gasteiger partial charge on any atom is -0.465 e. The molecular weight excluding hydrogens is 224 g/mol. The summed E-state index contributed by atoms with van der Waals surface area (Å²) in [6.45, 7) is 9.36. The second-order valence-electron chi connectivity index (χ2n) is 4.97. The summed E-state index contributed by atoms with van der Waals surface area (Å²) in [6, 6.07) is 2.20. The molecule has 0 unspecified atom stereocenters. The highest BCUT2D eigenvalue weighted by atomic mass is 16.3. The Morgan fingerprint density at radius 1 is 1.39 bits per heavy atom. The van der Waals surface area contributed by atoms with Crippen LogP contribution in [0.15, 0.2) is 22.6 Å². The van der Waals surface area contributed by atoms with E-state index in [-0.39, 0.29) is 0 Å². The van der Waals surface area contributed by atoms with Gasteiger partial charge in [0.05, 0.1) is 6.54 Å². The van der Waals surface area contributed by atoms with Crippen molar-refractivity contribution in [1.82, 2.24) is 10.2 Å². The standard InChI is InChI=1S/C15H24N2O/c1-3-7-16-11-15-10-14(13(2)18-15)12-17-8-5-4-6-9-17/h4-5,10,16H,3,6-9,11-12H2,1-2H3. The molecule has 18 heavy (non-hydrogen) atoms. The van der Waals surface area contributed by atoms with Crippen LogP contribution < -0.4 is 5.32 Å². The second kappa shape index (κ2) is 6.76. The molecule has 3 heteroatoms. The first-order valence-corrected chi connectivity index (χ1v) is 6.96. The van der Waals surface area contributed by atoms with E-state index in [9.17, 15) is 0 Å². The third-order valence-electron chi connectivity index (χ3n) is 3.33. The fourth-order valence-electron chi connectivity index (χ4n) is 2.29. The summed E-state index contributed by atoms with van der Waals surface area (Å²) in [5, 5.41) is 3.38. The van der Waals surface area contributed by atoms with Gasteiger partial charge in [0.2, 0.25) is 0 Å². The topological polar surface area (TPSA) is 28.4 Å². The number of hydrogen-bond donors (Lipinski definition) is 1. The maximum Gasteiger partial charge on any atom is 0.118 e. The van der Waals surface area contributed by atoms with E-state index in [1.54, 1.807) is 0 Å². The Morgan fingerprint density at radius 2 is 2.28 bits per heavy atom. The third-order valence-corrected chi connectivity index (χ3v) is 3.33. The molecule has 0 aliphatic carbocycles. The van der Waals surface area contributed by atoms with Crippen LogP contribution in [0, 0.1) is 6.92 Å². The molecule has 0 saturated heterocycles. The molecule has 1 aromatic rings. The predicted octanol–water partition coefficient (Wildman–Crippen LogP) is 2.85. The molecule has 0 amide bonds. The van der Waals surface area contributed by atoms with E-state index in [1.165, 1.54) is 12.0 Å². The molecule has 100 valence electrons. The summed E-state index contributed by atoms with van der Waals surface area (Å²) in [5.74, 6) is 2.13. The summed E-state index contributed by atoms with van der Waals surface area (Å²) < 4.78 is 5.80. The number of aryl methyl sites for hydroxylation is 1. The molecule has 1 aromatic heterocycles. The van der Waals surface area contributed by atoms with E-state index in [2.05, 4.69) is 42.3 Å². The Morgan fingerprint density at radius 3 is 3.00 bits per heavy atom. The van der Waals surface area contributed by atoms with Gasteiger partial charge in [0.15, 0.2) is 0 Å². The van der Waals surface area contributed by atoms with Gasteiger partial charge in [-0.15, -0.1) is 0 Å². The molecule has 0 atom stereocenters. The zero-order chi connectivity index (χ0) is 12.8. The van der Waals surface area contributed by atoms with Crippen molar-refractivity contribution in [3.05, 3.63) is 35.3 Å². The molecule has 1 N–H and O–H groups in total. The number of nitrogens with one attached hydrogen (secondary N) is 1. The second-order valence-corrected chi connectivity index (χ2v) is 4.97. The van der Waals surface area contributed by atoms with Crippen LogP contribution in [0.3, 0.4) is 0 Å². The van der Waals surface area contributed by atoms with Gasteiger partial charge in [0.1, 0.15) is 11.5 Å². The monoisotopic (exact) mass is 248 g/mol. The quantitative estimate of drug-likeness (QED) is 0.620. The highest BCUT2D eigenvalue weighted by Gasteiger charge is 2.12. The lowest BCUT2D eigenvalue weighted by Crippen LogP contribution is -2.26. The maximum atomic E-state index is 5.80. The van der Waals surface area contributed by atoms with Crippen LogP contribution in [0.5, 0.6) is 0 Å². The molecule has 0 spiro atoms. The minimum absolute atomic E-state index is 0.842. The number of rotatable bonds is 6. The van der Waals surface area contributed by atoms with Crippen LogP contribution in [0.1, 0.15) is 36.8 Å². The summed E-state index contributed by atoms with van der Waals surface area (Å²) in [5.41, 5.74) is 1.33. The minimum atomic E-state index is 0.842. The largest absolute Gasteiger partial charge is 0.465 e. The van der Waals surface area contributed by atoms with Crippen molar-refractivity contribution < 1.29 is 4.42 Å². The van der Waals surface area contributed by atoms with Crippen LogP contribution >= 0.6 is 0 Å². The summed E-state index contributed by atoms with van der Waals surface area (Å²) >= 11 is 0. The van der Waals surface area contributed by atoms with E-state index in [0.717, 1.165) is 50.7 Å². The maximum absolute atomic E-state index is 5.80. The molecule has 0 fully saturated rings. The van der Waals surface area contributed by atoms with Crippen molar-refractivity contribution in [2.45, 2.75) is 39.8 Å².